The molecule has 0 saturated heterocycles. The van der Waals surface area contributed by atoms with Crippen molar-refractivity contribution in [1.29, 1.82) is 0 Å². The lowest BCUT2D eigenvalue weighted by Gasteiger charge is -2.11. The summed E-state index contributed by atoms with van der Waals surface area (Å²) in [6, 6.07) is 6.57. The Morgan fingerprint density at radius 2 is 2.04 bits per heavy atom. The fraction of sp³-hybridized carbons (Fsp3) is 0.500. The van der Waals surface area contributed by atoms with E-state index in [4.69, 9.17) is 0 Å². The van der Waals surface area contributed by atoms with E-state index in [1.165, 1.54) is 28.5 Å². The van der Waals surface area contributed by atoms with Crippen molar-refractivity contribution in [2.75, 3.05) is 19.6 Å². The van der Waals surface area contributed by atoms with E-state index in [1.54, 1.807) is 0 Å². The fourth-order valence-electron chi connectivity index (χ4n) is 2.51. The van der Waals surface area contributed by atoms with Gasteiger partial charge in [0.25, 0.3) is 0 Å². The van der Waals surface area contributed by atoms with Gasteiger partial charge in [-0.25, -0.2) is 0 Å². The first-order valence-corrected chi connectivity index (χ1v) is 8.33. The van der Waals surface area contributed by atoms with Crippen LogP contribution < -0.4 is 10.6 Å². The molecule has 0 aliphatic carbocycles. The van der Waals surface area contributed by atoms with Crippen molar-refractivity contribution < 1.29 is 0 Å². The molecule has 1 aromatic carbocycles. The van der Waals surface area contributed by atoms with E-state index in [-0.39, 0.29) is 24.0 Å². The summed E-state index contributed by atoms with van der Waals surface area (Å²) in [4.78, 5) is 7.94. The van der Waals surface area contributed by atoms with E-state index >= 15 is 0 Å². The molecule has 0 fully saturated rings. The number of benzene rings is 1. The van der Waals surface area contributed by atoms with Crippen LogP contribution in [0.1, 0.15) is 37.8 Å². The Labute approximate surface area is 156 Å². The van der Waals surface area contributed by atoms with Crippen LogP contribution >= 0.6 is 24.0 Å². The lowest BCUT2D eigenvalue weighted by Crippen LogP contribution is -2.38. The van der Waals surface area contributed by atoms with Crippen LogP contribution in [0.3, 0.4) is 0 Å². The van der Waals surface area contributed by atoms with Gasteiger partial charge in [-0.3, -0.25) is 4.99 Å². The number of hydrogen-bond donors (Lipinski definition) is 3. The van der Waals surface area contributed by atoms with Crippen LogP contribution in [0.2, 0.25) is 0 Å². The van der Waals surface area contributed by atoms with E-state index in [1.807, 2.05) is 0 Å². The van der Waals surface area contributed by atoms with Gasteiger partial charge in [0, 0.05) is 36.7 Å². The molecule has 0 aliphatic heterocycles. The first-order chi connectivity index (χ1) is 10.7. The van der Waals surface area contributed by atoms with Crippen molar-refractivity contribution in [3.63, 3.8) is 0 Å². The summed E-state index contributed by atoms with van der Waals surface area (Å²) in [5, 5.41) is 8.04. The third kappa shape index (κ3) is 6.05. The van der Waals surface area contributed by atoms with Gasteiger partial charge in [-0.2, -0.15) is 0 Å². The minimum Gasteiger partial charge on any atom is -0.361 e. The number of aromatic amines is 1. The van der Waals surface area contributed by atoms with Gasteiger partial charge in [0.15, 0.2) is 5.96 Å². The molecule has 3 N–H and O–H groups in total. The zero-order chi connectivity index (χ0) is 15.8. The molecule has 0 aliphatic rings. The van der Waals surface area contributed by atoms with E-state index < -0.39 is 0 Å². The average Bonchev–Trinajstić information content (AvgIpc) is 2.90. The Bertz CT molecular complexity index is 619. The van der Waals surface area contributed by atoms with Crippen LogP contribution in [0.5, 0.6) is 0 Å². The molecule has 23 heavy (non-hydrogen) atoms. The van der Waals surface area contributed by atoms with Crippen molar-refractivity contribution in [2.45, 2.75) is 40.0 Å². The lowest BCUT2D eigenvalue weighted by atomic mass is 10.1. The Kier molecular flexibility index (Phi) is 9.06. The van der Waals surface area contributed by atoms with Crippen molar-refractivity contribution in [3.8, 4) is 0 Å². The molecule has 0 bridgehead atoms. The molecule has 0 saturated carbocycles. The zero-order valence-electron chi connectivity index (χ0n) is 14.4. The Hall–Kier alpha value is -1.24. The van der Waals surface area contributed by atoms with Crippen LogP contribution in [0.15, 0.2) is 29.4 Å². The highest BCUT2D eigenvalue weighted by Gasteiger charge is 2.04. The van der Waals surface area contributed by atoms with E-state index in [9.17, 15) is 0 Å². The fourth-order valence-corrected chi connectivity index (χ4v) is 2.51. The molecular formula is C18H29IN4. The van der Waals surface area contributed by atoms with Crippen molar-refractivity contribution in [1.82, 2.24) is 15.6 Å². The number of aliphatic imine (C=N–C) groups is 1. The number of guanidine groups is 1. The Morgan fingerprint density at radius 1 is 1.22 bits per heavy atom. The van der Waals surface area contributed by atoms with Crippen LogP contribution in [0, 0.1) is 6.92 Å². The molecule has 5 heteroatoms. The van der Waals surface area contributed by atoms with Gasteiger partial charge in [0.1, 0.15) is 0 Å². The van der Waals surface area contributed by atoms with Gasteiger partial charge in [-0.15, -0.1) is 24.0 Å². The molecule has 2 aromatic rings. The summed E-state index contributed by atoms with van der Waals surface area (Å²) in [6.07, 6.45) is 5.42. The number of fused-ring (bicyclic) bond motifs is 1. The summed E-state index contributed by atoms with van der Waals surface area (Å²) >= 11 is 0. The molecule has 4 nitrogen and oxygen atoms in total. The van der Waals surface area contributed by atoms with Crippen LogP contribution in [-0.4, -0.2) is 30.6 Å². The van der Waals surface area contributed by atoms with Gasteiger partial charge >= 0.3 is 0 Å². The number of nitrogens with one attached hydrogen (secondary N) is 3. The Morgan fingerprint density at radius 3 is 2.78 bits per heavy atom. The SMILES string of the molecule is CCCCN=C(NCC)NCCc1c[nH]c2cc(C)ccc12.I. The van der Waals surface area contributed by atoms with Crippen LogP contribution in [-0.2, 0) is 6.42 Å². The molecule has 128 valence electrons. The van der Waals surface area contributed by atoms with Gasteiger partial charge < -0.3 is 15.6 Å². The van der Waals surface area contributed by atoms with Crippen LogP contribution in [0.25, 0.3) is 10.9 Å². The number of rotatable bonds is 7. The number of hydrogen-bond acceptors (Lipinski definition) is 1. The highest BCUT2D eigenvalue weighted by molar-refractivity contribution is 14.0. The largest absolute Gasteiger partial charge is 0.361 e. The third-order valence-corrected chi connectivity index (χ3v) is 3.74. The quantitative estimate of drug-likeness (QED) is 0.270. The topological polar surface area (TPSA) is 52.2 Å². The number of halogens is 1. The third-order valence-electron chi connectivity index (χ3n) is 3.74. The normalized spacial score (nSPS) is 11.3. The number of aryl methyl sites for hydroxylation is 1. The molecule has 0 spiro atoms. The van der Waals surface area contributed by atoms with Crippen molar-refractivity contribution in [3.05, 3.63) is 35.5 Å². The van der Waals surface area contributed by atoms with E-state index in [2.05, 4.69) is 65.8 Å². The molecule has 2 rings (SSSR count). The van der Waals surface area contributed by atoms with Crippen molar-refractivity contribution >= 4 is 40.8 Å². The number of aromatic nitrogens is 1. The van der Waals surface area contributed by atoms with Gasteiger partial charge in [0.2, 0.25) is 0 Å². The second-order valence-corrected chi connectivity index (χ2v) is 5.65. The van der Waals surface area contributed by atoms with E-state index in [0.29, 0.717) is 0 Å². The predicted molar refractivity (Wildman–Crippen MR) is 111 cm³/mol. The minimum absolute atomic E-state index is 0. The molecule has 0 radical (unpaired) electrons. The average molecular weight is 428 g/mol. The van der Waals surface area contributed by atoms with E-state index in [0.717, 1.165) is 38.4 Å². The lowest BCUT2D eigenvalue weighted by molar-refractivity contribution is 0.768. The summed E-state index contributed by atoms with van der Waals surface area (Å²) in [6.45, 7) is 9.08. The van der Waals surface area contributed by atoms with Gasteiger partial charge in [-0.05, 0) is 43.9 Å². The van der Waals surface area contributed by atoms with Gasteiger partial charge in [0.05, 0.1) is 0 Å². The highest BCUT2D eigenvalue weighted by atomic mass is 127. The highest BCUT2D eigenvalue weighted by Crippen LogP contribution is 2.19. The Balaban J connectivity index is 0.00000264. The summed E-state index contributed by atoms with van der Waals surface area (Å²) < 4.78 is 0. The van der Waals surface area contributed by atoms with Crippen molar-refractivity contribution in [2.24, 2.45) is 4.99 Å². The first-order valence-electron chi connectivity index (χ1n) is 8.33. The van der Waals surface area contributed by atoms with Gasteiger partial charge in [-0.1, -0.05) is 25.5 Å². The van der Waals surface area contributed by atoms with Crippen LogP contribution in [0.4, 0.5) is 0 Å². The molecule has 0 unspecified atom stereocenters. The summed E-state index contributed by atoms with van der Waals surface area (Å²) in [5.41, 5.74) is 3.86. The minimum atomic E-state index is 0. The molecule has 1 aromatic heterocycles. The molecule has 0 amide bonds. The maximum absolute atomic E-state index is 4.58. The number of nitrogens with zero attached hydrogens (tertiary/aromatic N) is 1. The molecule has 0 atom stereocenters. The maximum atomic E-state index is 4.58. The molecule has 1 heterocycles. The zero-order valence-corrected chi connectivity index (χ0v) is 16.7. The molecular weight excluding hydrogens is 399 g/mol. The predicted octanol–water partition coefficient (Wildman–Crippen LogP) is 3.99. The smallest absolute Gasteiger partial charge is 0.191 e. The summed E-state index contributed by atoms with van der Waals surface area (Å²) in [7, 11) is 0. The monoisotopic (exact) mass is 428 g/mol. The first kappa shape index (κ1) is 19.8. The standard InChI is InChI=1S/C18H28N4.HI/c1-4-6-10-20-18(19-5-2)21-11-9-15-13-22-17-12-14(3)7-8-16(15)17;/h7-8,12-13,22H,4-6,9-11H2,1-3H3,(H2,19,20,21);1H. The second kappa shape index (κ2) is 10.5. The maximum Gasteiger partial charge on any atom is 0.191 e. The number of H-pyrrole nitrogens is 1. The second-order valence-electron chi connectivity index (χ2n) is 5.65. The number of unbranched alkanes of at least 4 members (excludes halogenated alkanes) is 1. The summed E-state index contributed by atoms with van der Waals surface area (Å²) in [5.74, 6) is 0.923.